The SMILES string of the molecule is CN1CCC[C@@]12CC[C@@H](N1CCc3cc(C(=O)NO)cc(F)c3C1)C2. The fraction of sp³-hybridized carbons (Fsp3) is 0.632. The van der Waals surface area contributed by atoms with Gasteiger partial charge in [-0.1, -0.05) is 0 Å². The summed E-state index contributed by atoms with van der Waals surface area (Å²) in [5, 5.41) is 8.76. The van der Waals surface area contributed by atoms with E-state index in [0.29, 0.717) is 23.7 Å². The highest BCUT2D eigenvalue weighted by molar-refractivity contribution is 5.93. The summed E-state index contributed by atoms with van der Waals surface area (Å²) in [6.45, 7) is 2.72. The topological polar surface area (TPSA) is 55.8 Å². The Morgan fingerprint density at radius 1 is 1.36 bits per heavy atom. The summed E-state index contributed by atoms with van der Waals surface area (Å²) in [7, 11) is 2.24. The summed E-state index contributed by atoms with van der Waals surface area (Å²) in [4.78, 5) is 16.5. The van der Waals surface area contributed by atoms with E-state index in [-0.39, 0.29) is 11.4 Å². The standard InChI is InChI=1S/C19H26FN3O2/c1-22-7-2-5-19(22)6-3-15(11-19)23-8-4-13-9-14(18(24)21-25)10-17(20)16(13)12-23/h9-10,15,25H,2-8,11-12H2,1H3,(H,21,24)/t15-,19+/m1/s1. The van der Waals surface area contributed by atoms with Crippen molar-refractivity contribution in [3.8, 4) is 0 Å². The lowest BCUT2D eigenvalue weighted by Crippen LogP contribution is -2.43. The summed E-state index contributed by atoms with van der Waals surface area (Å²) in [5.41, 5.74) is 3.73. The Balaban J connectivity index is 1.51. The Morgan fingerprint density at radius 2 is 2.20 bits per heavy atom. The maximum Gasteiger partial charge on any atom is 0.274 e. The van der Waals surface area contributed by atoms with E-state index in [1.807, 2.05) is 0 Å². The van der Waals surface area contributed by atoms with Gasteiger partial charge in [0.2, 0.25) is 0 Å². The average molecular weight is 347 g/mol. The lowest BCUT2D eigenvalue weighted by molar-refractivity contribution is 0.0705. The molecule has 1 aromatic carbocycles. The first kappa shape index (κ1) is 16.9. The molecule has 2 fully saturated rings. The number of carbonyl (C=O) groups excluding carboxylic acids is 1. The average Bonchev–Trinajstić information content (AvgIpc) is 3.21. The van der Waals surface area contributed by atoms with Crippen molar-refractivity contribution in [3.63, 3.8) is 0 Å². The lowest BCUT2D eigenvalue weighted by atomic mass is 9.92. The van der Waals surface area contributed by atoms with Crippen LogP contribution in [0, 0.1) is 5.82 Å². The molecule has 1 amide bonds. The predicted octanol–water partition coefficient (Wildman–Crippen LogP) is 2.32. The number of likely N-dealkylation sites (tertiary alicyclic amines) is 1. The summed E-state index contributed by atoms with van der Waals surface area (Å²) >= 11 is 0. The number of carbonyl (C=O) groups is 1. The van der Waals surface area contributed by atoms with Gasteiger partial charge in [-0.25, -0.2) is 9.87 Å². The molecule has 2 heterocycles. The van der Waals surface area contributed by atoms with Crippen molar-refractivity contribution in [3.05, 3.63) is 34.6 Å². The molecule has 136 valence electrons. The molecule has 2 atom stereocenters. The smallest absolute Gasteiger partial charge is 0.274 e. The van der Waals surface area contributed by atoms with E-state index in [1.54, 1.807) is 11.5 Å². The zero-order chi connectivity index (χ0) is 17.6. The maximum atomic E-state index is 14.5. The van der Waals surface area contributed by atoms with Crippen molar-refractivity contribution in [1.82, 2.24) is 15.3 Å². The molecule has 4 rings (SSSR count). The van der Waals surface area contributed by atoms with E-state index < -0.39 is 5.91 Å². The van der Waals surface area contributed by atoms with Crippen LogP contribution in [0.25, 0.3) is 0 Å². The molecule has 1 saturated carbocycles. The zero-order valence-corrected chi connectivity index (χ0v) is 14.7. The number of benzene rings is 1. The molecule has 0 aromatic heterocycles. The molecule has 1 aliphatic carbocycles. The Kier molecular flexibility index (Phi) is 4.30. The van der Waals surface area contributed by atoms with Gasteiger partial charge in [0.15, 0.2) is 0 Å². The van der Waals surface area contributed by atoms with Crippen LogP contribution in [0.3, 0.4) is 0 Å². The molecular formula is C19H26FN3O2. The molecule has 5 nitrogen and oxygen atoms in total. The molecule has 0 radical (unpaired) electrons. The minimum Gasteiger partial charge on any atom is -0.301 e. The molecule has 25 heavy (non-hydrogen) atoms. The molecule has 0 unspecified atom stereocenters. The number of amides is 1. The van der Waals surface area contributed by atoms with Crippen LogP contribution in [0.1, 0.15) is 53.6 Å². The Hall–Kier alpha value is -1.50. The zero-order valence-electron chi connectivity index (χ0n) is 14.7. The lowest BCUT2D eigenvalue weighted by Gasteiger charge is -2.37. The molecule has 0 bridgehead atoms. The highest BCUT2D eigenvalue weighted by Crippen LogP contribution is 2.44. The van der Waals surface area contributed by atoms with Crippen LogP contribution >= 0.6 is 0 Å². The van der Waals surface area contributed by atoms with Crippen LogP contribution in [0.15, 0.2) is 12.1 Å². The van der Waals surface area contributed by atoms with Gasteiger partial charge in [-0.2, -0.15) is 0 Å². The summed E-state index contributed by atoms with van der Waals surface area (Å²) in [6.07, 6.45) is 6.94. The highest BCUT2D eigenvalue weighted by atomic mass is 19.1. The molecule has 1 spiro atoms. The molecule has 3 aliphatic rings. The van der Waals surface area contributed by atoms with Crippen molar-refractivity contribution in [2.45, 2.75) is 56.7 Å². The fourth-order valence-electron chi connectivity index (χ4n) is 5.18. The number of nitrogens with zero attached hydrogens (tertiary/aromatic N) is 2. The first-order chi connectivity index (χ1) is 12.0. The number of hydroxylamine groups is 1. The molecule has 2 N–H and O–H groups in total. The minimum absolute atomic E-state index is 0.180. The van der Waals surface area contributed by atoms with Gasteiger partial charge in [0, 0.05) is 35.8 Å². The first-order valence-corrected chi connectivity index (χ1v) is 9.23. The van der Waals surface area contributed by atoms with Crippen molar-refractivity contribution < 1.29 is 14.4 Å². The predicted molar refractivity (Wildman–Crippen MR) is 92.0 cm³/mol. The third-order valence-corrected chi connectivity index (χ3v) is 6.70. The Morgan fingerprint density at radius 3 is 2.92 bits per heavy atom. The normalized spacial score (nSPS) is 30.0. The van der Waals surface area contributed by atoms with Crippen molar-refractivity contribution in [2.75, 3.05) is 20.1 Å². The van der Waals surface area contributed by atoms with Crippen molar-refractivity contribution in [1.29, 1.82) is 0 Å². The van der Waals surface area contributed by atoms with E-state index in [2.05, 4.69) is 16.8 Å². The van der Waals surface area contributed by atoms with Crippen LogP contribution < -0.4 is 5.48 Å². The number of hydrogen-bond acceptors (Lipinski definition) is 4. The Bertz CT molecular complexity index is 695. The third kappa shape index (κ3) is 2.86. The van der Waals surface area contributed by atoms with Crippen LogP contribution in [0.4, 0.5) is 4.39 Å². The minimum atomic E-state index is -0.661. The number of halogens is 1. The molecular weight excluding hydrogens is 321 g/mol. The van der Waals surface area contributed by atoms with Crippen LogP contribution in [-0.4, -0.2) is 52.6 Å². The number of rotatable bonds is 2. The van der Waals surface area contributed by atoms with Gasteiger partial charge in [-0.05, 0) is 69.8 Å². The van der Waals surface area contributed by atoms with Crippen molar-refractivity contribution in [2.24, 2.45) is 0 Å². The van der Waals surface area contributed by atoms with E-state index >= 15 is 0 Å². The van der Waals surface area contributed by atoms with Gasteiger partial charge in [0.1, 0.15) is 5.82 Å². The summed E-state index contributed by atoms with van der Waals surface area (Å²) in [5.74, 6) is -1.00. The maximum absolute atomic E-state index is 14.5. The van der Waals surface area contributed by atoms with Crippen LogP contribution in [0.5, 0.6) is 0 Å². The number of fused-ring (bicyclic) bond motifs is 1. The fourth-order valence-corrected chi connectivity index (χ4v) is 5.18. The summed E-state index contributed by atoms with van der Waals surface area (Å²) < 4.78 is 14.5. The van der Waals surface area contributed by atoms with E-state index in [0.717, 1.165) is 18.5 Å². The van der Waals surface area contributed by atoms with Crippen molar-refractivity contribution >= 4 is 5.91 Å². The second-order valence-electron chi connectivity index (χ2n) is 7.90. The second kappa shape index (κ2) is 6.34. The van der Waals surface area contributed by atoms with Gasteiger partial charge in [-0.3, -0.25) is 14.9 Å². The summed E-state index contributed by atoms with van der Waals surface area (Å²) in [6, 6.07) is 3.46. The molecule has 1 saturated heterocycles. The molecule has 2 aliphatic heterocycles. The highest BCUT2D eigenvalue weighted by Gasteiger charge is 2.46. The second-order valence-corrected chi connectivity index (χ2v) is 7.90. The van der Waals surface area contributed by atoms with E-state index in [1.165, 1.54) is 44.7 Å². The quantitative estimate of drug-likeness (QED) is 0.637. The van der Waals surface area contributed by atoms with Gasteiger partial charge < -0.3 is 4.90 Å². The number of nitrogens with one attached hydrogen (secondary N) is 1. The molecule has 6 heteroatoms. The first-order valence-electron chi connectivity index (χ1n) is 9.23. The third-order valence-electron chi connectivity index (χ3n) is 6.70. The van der Waals surface area contributed by atoms with Gasteiger partial charge in [-0.15, -0.1) is 0 Å². The monoisotopic (exact) mass is 347 g/mol. The molecule has 1 aromatic rings. The Labute approximate surface area is 147 Å². The van der Waals surface area contributed by atoms with E-state index in [9.17, 15) is 9.18 Å². The van der Waals surface area contributed by atoms with E-state index in [4.69, 9.17) is 5.21 Å². The van der Waals surface area contributed by atoms with Gasteiger partial charge >= 0.3 is 0 Å². The number of hydrogen-bond donors (Lipinski definition) is 2. The van der Waals surface area contributed by atoms with Crippen LogP contribution in [-0.2, 0) is 13.0 Å². The van der Waals surface area contributed by atoms with Gasteiger partial charge in [0.25, 0.3) is 5.91 Å². The van der Waals surface area contributed by atoms with Gasteiger partial charge in [0.05, 0.1) is 0 Å². The van der Waals surface area contributed by atoms with Crippen LogP contribution in [0.2, 0.25) is 0 Å². The largest absolute Gasteiger partial charge is 0.301 e.